The molecular formula is C18H22O2. The van der Waals surface area contributed by atoms with E-state index in [1.807, 2.05) is 81.4 Å². The molecule has 0 N–H and O–H groups in total. The van der Waals surface area contributed by atoms with Gasteiger partial charge in [0.05, 0.1) is 5.60 Å². The third-order valence-electron chi connectivity index (χ3n) is 2.68. The first-order valence-corrected chi connectivity index (χ1v) is 6.64. The second-order valence-corrected chi connectivity index (χ2v) is 5.38. The van der Waals surface area contributed by atoms with Crippen molar-refractivity contribution in [1.29, 1.82) is 0 Å². The van der Waals surface area contributed by atoms with Crippen molar-refractivity contribution in [2.75, 3.05) is 7.11 Å². The zero-order chi connectivity index (χ0) is 15.0. The molecule has 2 nitrogen and oxygen atoms in total. The lowest BCUT2D eigenvalue weighted by molar-refractivity contribution is 0.0397. The van der Waals surface area contributed by atoms with E-state index < -0.39 is 0 Å². The van der Waals surface area contributed by atoms with Crippen LogP contribution >= 0.6 is 0 Å². The first-order chi connectivity index (χ1) is 9.44. The lowest BCUT2D eigenvalue weighted by Gasteiger charge is -2.14. The molecule has 20 heavy (non-hydrogen) atoms. The van der Waals surface area contributed by atoms with E-state index in [0.29, 0.717) is 0 Å². The van der Waals surface area contributed by atoms with Gasteiger partial charge in [0.25, 0.3) is 0 Å². The van der Waals surface area contributed by atoms with Crippen LogP contribution in [0.1, 0.15) is 36.7 Å². The summed E-state index contributed by atoms with van der Waals surface area (Å²) in [6.07, 6.45) is 0. The molecule has 0 spiro atoms. The molecule has 0 heterocycles. The number of methoxy groups -OCH3 is 1. The fourth-order valence-corrected chi connectivity index (χ4v) is 1.35. The van der Waals surface area contributed by atoms with Gasteiger partial charge in [0.15, 0.2) is 5.78 Å². The van der Waals surface area contributed by atoms with Gasteiger partial charge in [0.1, 0.15) is 0 Å². The molecular weight excluding hydrogens is 248 g/mol. The van der Waals surface area contributed by atoms with E-state index in [4.69, 9.17) is 4.74 Å². The number of ether oxygens (including phenoxy) is 1. The maximum Gasteiger partial charge on any atom is 0.193 e. The van der Waals surface area contributed by atoms with E-state index in [0.717, 1.165) is 11.1 Å². The van der Waals surface area contributed by atoms with Crippen LogP contribution in [0.25, 0.3) is 0 Å². The van der Waals surface area contributed by atoms with Crippen LogP contribution in [0.4, 0.5) is 0 Å². The summed E-state index contributed by atoms with van der Waals surface area (Å²) in [5, 5.41) is 0. The van der Waals surface area contributed by atoms with Gasteiger partial charge in [0, 0.05) is 18.2 Å². The van der Waals surface area contributed by atoms with Crippen LogP contribution in [0.5, 0.6) is 0 Å². The highest BCUT2D eigenvalue weighted by Crippen LogP contribution is 2.08. The Morgan fingerprint density at radius 1 is 0.800 bits per heavy atom. The van der Waals surface area contributed by atoms with E-state index in [2.05, 4.69) is 0 Å². The molecule has 0 saturated heterocycles. The highest BCUT2D eigenvalue weighted by molar-refractivity contribution is 6.08. The monoisotopic (exact) mass is 270 g/mol. The van der Waals surface area contributed by atoms with E-state index in [-0.39, 0.29) is 11.4 Å². The molecule has 106 valence electrons. The molecule has 2 aromatic rings. The van der Waals surface area contributed by atoms with Crippen molar-refractivity contribution in [3.63, 3.8) is 0 Å². The average Bonchev–Trinajstić information content (AvgIpc) is 2.48. The largest absolute Gasteiger partial charge is 0.379 e. The van der Waals surface area contributed by atoms with Crippen molar-refractivity contribution in [1.82, 2.24) is 0 Å². The molecule has 0 aliphatic rings. The van der Waals surface area contributed by atoms with Gasteiger partial charge in [-0.05, 0) is 20.8 Å². The van der Waals surface area contributed by atoms with E-state index in [1.54, 1.807) is 7.11 Å². The number of hydrogen-bond donors (Lipinski definition) is 0. The molecule has 0 amide bonds. The Kier molecular flexibility index (Phi) is 6.13. The van der Waals surface area contributed by atoms with Crippen molar-refractivity contribution in [3.8, 4) is 0 Å². The number of ketones is 1. The average molecular weight is 270 g/mol. The summed E-state index contributed by atoms with van der Waals surface area (Å²) >= 11 is 0. The van der Waals surface area contributed by atoms with Crippen LogP contribution in [0.3, 0.4) is 0 Å². The maximum atomic E-state index is 11.8. The molecule has 0 fully saturated rings. The summed E-state index contributed by atoms with van der Waals surface area (Å²) in [7, 11) is 1.71. The van der Waals surface area contributed by atoms with E-state index in [1.165, 1.54) is 0 Å². The summed E-state index contributed by atoms with van der Waals surface area (Å²) in [5.74, 6) is 0.0752. The highest BCUT2D eigenvalue weighted by atomic mass is 16.5. The molecule has 0 radical (unpaired) electrons. The Morgan fingerprint density at radius 2 is 1.10 bits per heavy atom. The Hall–Kier alpha value is -1.93. The van der Waals surface area contributed by atoms with Gasteiger partial charge in [-0.25, -0.2) is 0 Å². The lowest BCUT2D eigenvalue weighted by atomic mass is 10.0. The molecule has 0 bridgehead atoms. The molecule has 0 aromatic heterocycles. The molecule has 0 atom stereocenters. The number of hydrogen-bond acceptors (Lipinski definition) is 2. The third-order valence-corrected chi connectivity index (χ3v) is 2.68. The standard InChI is InChI=1S/C13H10O.C5H12O/c14-13(11-7-3-1-4-8-11)12-9-5-2-6-10-12;1-5(2,3)6-4/h1-10H;1-4H3. The minimum Gasteiger partial charge on any atom is -0.379 e. The molecule has 0 aliphatic heterocycles. The molecule has 2 rings (SSSR count). The smallest absolute Gasteiger partial charge is 0.193 e. The number of carbonyl (C=O) groups is 1. The van der Waals surface area contributed by atoms with Gasteiger partial charge >= 0.3 is 0 Å². The Labute approximate surface area is 121 Å². The van der Waals surface area contributed by atoms with E-state index in [9.17, 15) is 4.79 Å². The summed E-state index contributed by atoms with van der Waals surface area (Å²) in [4.78, 5) is 11.8. The minimum atomic E-state index is 0.0417. The van der Waals surface area contributed by atoms with Gasteiger partial charge in [-0.15, -0.1) is 0 Å². The van der Waals surface area contributed by atoms with Gasteiger partial charge in [-0.2, -0.15) is 0 Å². The molecule has 0 aliphatic carbocycles. The molecule has 2 aromatic carbocycles. The zero-order valence-electron chi connectivity index (χ0n) is 12.6. The maximum absolute atomic E-state index is 11.8. The predicted octanol–water partition coefficient (Wildman–Crippen LogP) is 4.35. The predicted molar refractivity (Wildman–Crippen MR) is 83.1 cm³/mol. The van der Waals surface area contributed by atoms with Crippen molar-refractivity contribution in [2.24, 2.45) is 0 Å². The van der Waals surface area contributed by atoms with Gasteiger partial charge < -0.3 is 4.74 Å². The zero-order valence-corrected chi connectivity index (χ0v) is 12.6. The Bertz CT molecular complexity index is 469. The highest BCUT2D eigenvalue weighted by Gasteiger charge is 2.06. The van der Waals surface area contributed by atoms with Crippen LogP contribution in [0.15, 0.2) is 60.7 Å². The molecule has 0 unspecified atom stereocenters. The van der Waals surface area contributed by atoms with Crippen LogP contribution in [0.2, 0.25) is 0 Å². The minimum absolute atomic E-state index is 0.0417. The van der Waals surface area contributed by atoms with Gasteiger partial charge in [-0.3, -0.25) is 4.79 Å². The fourth-order valence-electron chi connectivity index (χ4n) is 1.35. The second-order valence-electron chi connectivity index (χ2n) is 5.38. The van der Waals surface area contributed by atoms with Crippen LogP contribution in [-0.4, -0.2) is 18.5 Å². The lowest BCUT2D eigenvalue weighted by Crippen LogP contribution is -2.15. The quantitative estimate of drug-likeness (QED) is 0.758. The van der Waals surface area contributed by atoms with Crippen LogP contribution in [-0.2, 0) is 4.74 Å². The summed E-state index contributed by atoms with van der Waals surface area (Å²) < 4.78 is 4.94. The second kappa shape index (κ2) is 7.61. The summed E-state index contributed by atoms with van der Waals surface area (Å²) in [6.45, 7) is 6.06. The number of benzene rings is 2. The SMILES string of the molecule is COC(C)(C)C.O=C(c1ccccc1)c1ccccc1. The van der Waals surface area contributed by atoms with Crippen LogP contribution in [0, 0.1) is 0 Å². The van der Waals surface area contributed by atoms with Gasteiger partial charge in [-0.1, -0.05) is 60.7 Å². The van der Waals surface area contributed by atoms with Crippen molar-refractivity contribution in [2.45, 2.75) is 26.4 Å². The molecule has 0 saturated carbocycles. The van der Waals surface area contributed by atoms with E-state index >= 15 is 0 Å². The normalized spacial score (nSPS) is 10.4. The summed E-state index contributed by atoms with van der Waals surface area (Å²) in [6, 6.07) is 18.6. The number of rotatable bonds is 2. The molecule has 2 heteroatoms. The first-order valence-electron chi connectivity index (χ1n) is 6.64. The number of carbonyl (C=O) groups excluding carboxylic acids is 1. The summed E-state index contributed by atoms with van der Waals surface area (Å²) in [5.41, 5.74) is 1.51. The third kappa shape index (κ3) is 5.81. The van der Waals surface area contributed by atoms with Crippen molar-refractivity contribution >= 4 is 5.78 Å². The van der Waals surface area contributed by atoms with Crippen molar-refractivity contribution in [3.05, 3.63) is 71.8 Å². The first kappa shape index (κ1) is 16.1. The topological polar surface area (TPSA) is 26.3 Å². The Morgan fingerprint density at radius 3 is 1.35 bits per heavy atom. The fraction of sp³-hybridized carbons (Fsp3) is 0.278. The van der Waals surface area contributed by atoms with Crippen molar-refractivity contribution < 1.29 is 9.53 Å². The Balaban J connectivity index is 0.000000286. The van der Waals surface area contributed by atoms with Gasteiger partial charge in [0.2, 0.25) is 0 Å². The van der Waals surface area contributed by atoms with Crippen LogP contribution < -0.4 is 0 Å².